The second kappa shape index (κ2) is 8.95. The number of piperazine rings is 1. The first-order chi connectivity index (χ1) is 16.0. The molecule has 2 saturated heterocycles. The van der Waals surface area contributed by atoms with Crippen molar-refractivity contribution < 1.29 is 17.6 Å². The first-order valence-corrected chi connectivity index (χ1v) is 12.5. The quantitative estimate of drug-likeness (QED) is 0.568. The molecule has 1 aromatic carbocycles. The predicted octanol–water partition coefficient (Wildman–Crippen LogP) is 2.48. The molecule has 0 saturated carbocycles. The standard InChI is InChI=1S/C23H25N5O4S/c29-23(18-5-7-19(8-6-18)33(30,31)28-11-1-2-12-28)27-15-13-26(14-16-27)22-10-9-20(24-25-22)21-4-3-17-32-21/h3-10,17H,1-2,11-16H2. The van der Waals surface area contributed by atoms with Gasteiger partial charge >= 0.3 is 0 Å². The lowest BCUT2D eigenvalue weighted by Gasteiger charge is -2.35. The highest BCUT2D eigenvalue weighted by atomic mass is 32.2. The minimum absolute atomic E-state index is 0.0981. The van der Waals surface area contributed by atoms with Crippen LogP contribution in [0.4, 0.5) is 5.82 Å². The smallest absolute Gasteiger partial charge is 0.253 e. The average Bonchev–Trinajstić information content (AvgIpc) is 3.59. The molecule has 0 radical (unpaired) electrons. The van der Waals surface area contributed by atoms with Crippen LogP contribution in [0.1, 0.15) is 23.2 Å². The second-order valence-corrected chi connectivity index (χ2v) is 10.1. The number of amides is 1. The summed E-state index contributed by atoms with van der Waals surface area (Å²) in [6.07, 6.45) is 3.38. The van der Waals surface area contributed by atoms with Gasteiger partial charge in [-0.15, -0.1) is 10.2 Å². The lowest BCUT2D eigenvalue weighted by molar-refractivity contribution is 0.0746. The molecule has 10 heteroatoms. The van der Waals surface area contributed by atoms with Crippen molar-refractivity contribution in [1.82, 2.24) is 19.4 Å². The third-order valence-corrected chi connectivity index (χ3v) is 8.03. The Balaban J connectivity index is 1.20. The van der Waals surface area contributed by atoms with Crippen LogP contribution in [-0.4, -0.2) is 73.0 Å². The number of hydrogen-bond donors (Lipinski definition) is 0. The summed E-state index contributed by atoms with van der Waals surface area (Å²) in [5.74, 6) is 1.33. The van der Waals surface area contributed by atoms with Crippen molar-refractivity contribution in [2.45, 2.75) is 17.7 Å². The van der Waals surface area contributed by atoms with E-state index in [4.69, 9.17) is 4.42 Å². The summed E-state index contributed by atoms with van der Waals surface area (Å²) < 4.78 is 32.2. The highest BCUT2D eigenvalue weighted by molar-refractivity contribution is 7.89. The van der Waals surface area contributed by atoms with Gasteiger partial charge in [-0.2, -0.15) is 4.31 Å². The van der Waals surface area contributed by atoms with Gasteiger partial charge < -0.3 is 14.2 Å². The van der Waals surface area contributed by atoms with Crippen LogP contribution in [0.15, 0.2) is 64.1 Å². The SMILES string of the molecule is O=C(c1ccc(S(=O)(=O)N2CCCC2)cc1)N1CCN(c2ccc(-c3ccco3)nn2)CC1. The third-order valence-electron chi connectivity index (χ3n) is 6.12. The monoisotopic (exact) mass is 467 g/mol. The molecule has 2 aliphatic heterocycles. The molecule has 172 valence electrons. The number of rotatable bonds is 5. The van der Waals surface area contributed by atoms with Crippen molar-refractivity contribution in [2.24, 2.45) is 0 Å². The normalized spacial score (nSPS) is 17.5. The fourth-order valence-corrected chi connectivity index (χ4v) is 5.73. The molecule has 2 aliphatic rings. The van der Waals surface area contributed by atoms with Crippen LogP contribution in [0.3, 0.4) is 0 Å². The molecule has 0 spiro atoms. The van der Waals surface area contributed by atoms with Crippen molar-refractivity contribution in [1.29, 1.82) is 0 Å². The van der Waals surface area contributed by atoms with Gasteiger partial charge in [0.2, 0.25) is 10.0 Å². The predicted molar refractivity (Wildman–Crippen MR) is 122 cm³/mol. The number of carbonyl (C=O) groups excluding carboxylic acids is 1. The van der Waals surface area contributed by atoms with E-state index in [1.165, 1.54) is 16.4 Å². The first kappa shape index (κ1) is 21.6. The minimum Gasteiger partial charge on any atom is -0.463 e. The van der Waals surface area contributed by atoms with Gasteiger partial charge in [0.15, 0.2) is 11.6 Å². The van der Waals surface area contributed by atoms with Gasteiger partial charge in [-0.3, -0.25) is 4.79 Å². The van der Waals surface area contributed by atoms with Crippen LogP contribution in [0.5, 0.6) is 0 Å². The first-order valence-electron chi connectivity index (χ1n) is 11.0. The molecule has 33 heavy (non-hydrogen) atoms. The van der Waals surface area contributed by atoms with E-state index in [0.29, 0.717) is 56.3 Å². The number of anilines is 1. The van der Waals surface area contributed by atoms with Crippen LogP contribution < -0.4 is 4.90 Å². The molecule has 1 amide bonds. The van der Waals surface area contributed by atoms with E-state index in [1.54, 1.807) is 29.4 Å². The van der Waals surface area contributed by atoms with Crippen molar-refractivity contribution in [2.75, 3.05) is 44.2 Å². The second-order valence-electron chi connectivity index (χ2n) is 8.17. The zero-order valence-electron chi connectivity index (χ0n) is 18.1. The van der Waals surface area contributed by atoms with Crippen LogP contribution in [0, 0.1) is 0 Å². The van der Waals surface area contributed by atoms with Gasteiger partial charge in [-0.25, -0.2) is 8.42 Å². The Morgan fingerprint density at radius 1 is 0.848 bits per heavy atom. The summed E-state index contributed by atoms with van der Waals surface area (Å²) in [6, 6.07) is 13.7. The van der Waals surface area contributed by atoms with Crippen LogP contribution >= 0.6 is 0 Å². The maximum Gasteiger partial charge on any atom is 0.253 e. The molecule has 4 heterocycles. The van der Waals surface area contributed by atoms with E-state index in [1.807, 2.05) is 18.2 Å². The number of nitrogens with zero attached hydrogens (tertiary/aromatic N) is 5. The number of furan rings is 1. The molecule has 0 aliphatic carbocycles. The molecule has 5 rings (SSSR count). The van der Waals surface area contributed by atoms with E-state index >= 15 is 0 Å². The van der Waals surface area contributed by atoms with Crippen LogP contribution in [0.25, 0.3) is 11.5 Å². The Labute approximate surface area is 192 Å². The minimum atomic E-state index is -3.48. The topological polar surface area (TPSA) is 99.9 Å². The van der Waals surface area contributed by atoms with Crippen molar-refractivity contribution in [3.63, 3.8) is 0 Å². The molecule has 0 atom stereocenters. The summed E-state index contributed by atoms with van der Waals surface area (Å²) in [6.45, 7) is 3.50. The zero-order valence-corrected chi connectivity index (χ0v) is 18.9. The third kappa shape index (κ3) is 4.36. The number of hydrogen-bond acceptors (Lipinski definition) is 7. The zero-order chi connectivity index (χ0) is 22.8. The van der Waals surface area contributed by atoms with Gasteiger partial charge in [0, 0.05) is 44.8 Å². The van der Waals surface area contributed by atoms with Gasteiger partial charge in [-0.1, -0.05) is 0 Å². The summed E-state index contributed by atoms with van der Waals surface area (Å²) in [7, 11) is -3.48. The highest BCUT2D eigenvalue weighted by Crippen LogP contribution is 2.23. The molecule has 2 aromatic heterocycles. The maximum absolute atomic E-state index is 12.9. The van der Waals surface area contributed by atoms with E-state index < -0.39 is 10.0 Å². The van der Waals surface area contributed by atoms with E-state index in [9.17, 15) is 13.2 Å². The highest BCUT2D eigenvalue weighted by Gasteiger charge is 2.28. The molecular weight excluding hydrogens is 442 g/mol. The fraction of sp³-hybridized carbons (Fsp3) is 0.348. The van der Waals surface area contributed by atoms with Crippen molar-refractivity contribution in [3.8, 4) is 11.5 Å². The van der Waals surface area contributed by atoms with Crippen molar-refractivity contribution in [3.05, 3.63) is 60.4 Å². The molecule has 0 bridgehead atoms. The van der Waals surface area contributed by atoms with E-state index in [-0.39, 0.29) is 10.8 Å². The van der Waals surface area contributed by atoms with E-state index in [0.717, 1.165) is 18.7 Å². The summed E-state index contributed by atoms with van der Waals surface area (Å²) in [4.78, 5) is 17.1. The van der Waals surface area contributed by atoms with E-state index in [2.05, 4.69) is 15.1 Å². The van der Waals surface area contributed by atoms with Gasteiger partial charge in [0.25, 0.3) is 5.91 Å². The molecule has 2 fully saturated rings. The Kier molecular flexibility index (Phi) is 5.86. The fourth-order valence-electron chi connectivity index (χ4n) is 4.22. The van der Waals surface area contributed by atoms with Crippen LogP contribution in [-0.2, 0) is 10.0 Å². The molecule has 0 unspecified atom stereocenters. The lowest BCUT2D eigenvalue weighted by Crippen LogP contribution is -2.49. The Hall–Kier alpha value is -3.24. The summed E-state index contributed by atoms with van der Waals surface area (Å²) in [5.41, 5.74) is 1.17. The number of aromatic nitrogens is 2. The Morgan fingerprint density at radius 3 is 2.18 bits per heavy atom. The maximum atomic E-state index is 12.9. The van der Waals surface area contributed by atoms with Gasteiger partial charge in [0.1, 0.15) is 5.69 Å². The largest absolute Gasteiger partial charge is 0.463 e. The number of carbonyl (C=O) groups is 1. The lowest BCUT2D eigenvalue weighted by atomic mass is 10.2. The van der Waals surface area contributed by atoms with Gasteiger partial charge in [-0.05, 0) is 61.4 Å². The molecule has 0 N–H and O–H groups in total. The number of benzene rings is 1. The molecule has 9 nitrogen and oxygen atoms in total. The Morgan fingerprint density at radius 2 is 1.58 bits per heavy atom. The molecule has 3 aromatic rings. The van der Waals surface area contributed by atoms with Crippen molar-refractivity contribution >= 4 is 21.7 Å². The number of sulfonamides is 1. The Bertz CT molecular complexity index is 1200. The average molecular weight is 468 g/mol. The molecular formula is C23H25N5O4S. The van der Waals surface area contributed by atoms with Crippen LogP contribution in [0.2, 0.25) is 0 Å². The van der Waals surface area contributed by atoms with Gasteiger partial charge in [0.05, 0.1) is 11.2 Å². The summed E-state index contributed by atoms with van der Waals surface area (Å²) in [5, 5.41) is 8.54. The summed E-state index contributed by atoms with van der Waals surface area (Å²) >= 11 is 0.